The minimum atomic E-state index is 0.0437. The van der Waals surface area contributed by atoms with E-state index in [9.17, 15) is 4.79 Å². The number of amides is 1. The molecule has 4 nitrogen and oxygen atoms in total. The number of carbonyl (C=O) groups is 1. The summed E-state index contributed by atoms with van der Waals surface area (Å²) in [5.41, 5.74) is 4.42. The fourth-order valence-electron chi connectivity index (χ4n) is 3.37. The predicted octanol–water partition coefficient (Wildman–Crippen LogP) is 4.33. The number of rotatable bonds is 7. The summed E-state index contributed by atoms with van der Waals surface area (Å²) in [5, 5.41) is 3.03. The van der Waals surface area contributed by atoms with Gasteiger partial charge in [0.15, 0.2) is 0 Å². The molecule has 4 rings (SSSR count). The van der Waals surface area contributed by atoms with Gasteiger partial charge in [0, 0.05) is 13.0 Å². The van der Waals surface area contributed by atoms with Crippen LogP contribution in [0, 0.1) is 0 Å². The number of hydrogen-bond donors (Lipinski definition) is 1. The van der Waals surface area contributed by atoms with Crippen molar-refractivity contribution in [3.63, 3.8) is 0 Å². The predicted molar refractivity (Wildman–Crippen MR) is 112 cm³/mol. The summed E-state index contributed by atoms with van der Waals surface area (Å²) in [6.45, 7) is 1.16. The lowest BCUT2D eigenvalue weighted by molar-refractivity contribution is -0.121. The number of para-hydroxylation sites is 2. The van der Waals surface area contributed by atoms with Crippen molar-refractivity contribution in [2.75, 3.05) is 0 Å². The highest BCUT2D eigenvalue weighted by Gasteiger charge is 2.12. The molecule has 0 aliphatic heterocycles. The van der Waals surface area contributed by atoms with Crippen molar-refractivity contribution in [1.82, 2.24) is 14.9 Å². The van der Waals surface area contributed by atoms with Gasteiger partial charge in [0.25, 0.3) is 0 Å². The molecule has 0 bridgehead atoms. The first kappa shape index (κ1) is 18.0. The second-order valence-electron chi connectivity index (χ2n) is 6.85. The van der Waals surface area contributed by atoms with Crippen LogP contribution in [-0.4, -0.2) is 15.5 Å². The molecule has 28 heavy (non-hydrogen) atoms. The number of nitrogens with zero attached hydrogens (tertiary/aromatic N) is 2. The van der Waals surface area contributed by atoms with Crippen LogP contribution in [0.2, 0.25) is 0 Å². The van der Waals surface area contributed by atoms with E-state index in [0.29, 0.717) is 13.0 Å². The van der Waals surface area contributed by atoms with Crippen LogP contribution in [0.4, 0.5) is 0 Å². The molecule has 0 fully saturated rings. The van der Waals surface area contributed by atoms with E-state index >= 15 is 0 Å². The van der Waals surface area contributed by atoms with E-state index < -0.39 is 0 Å². The van der Waals surface area contributed by atoms with Crippen molar-refractivity contribution >= 4 is 16.9 Å². The Hall–Kier alpha value is -3.40. The van der Waals surface area contributed by atoms with Crippen LogP contribution in [0.25, 0.3) is 11.0 Å². The molecule has 0 atom stereocenters. The SMILES string of the molecule is O=C(CCc1ccccc1)NCc1nc2ccccc2n1Cc1ccccc1. The molecule has 4 heteroatoms. The highest BCUT2D eigenvalue weighted by Crippen LogP contribution is 2.18. The molecule has 1 heterocycles. The van der Waals surface area contributed by atoms with Crippen LogP contribution < -0.4 is 5.32 Å². The summed E-state index contributed by atoms with van der Waals surface area (Å²) in [6.07, 6.45) is 1.22. The molecule has 1 aromatic heterocycles. The van der Waals surface area contributed by atoms with Crippen LogP contribution in [0.15, 0.2) is 84.9 Å². The van der Waals surface area contributed by atoms with Gasteiger partial charge in [-0.15, -0.1) is 0 Å². The van der Waals surface area contributed by atoms with Gasteiger partial charge in [-0.25, -0.2) is 4.98 Å². The lowest BCUT2D eigenvalue weighted by atomic mass is 10.1. The molecule has 0 saturated carbocycles. The molecular formula is C24H23N3O. The number of benzene rings is 3. The molecule has 0 saturated heterocycles. The molecule has 3 aromatic carbocycles. The lowest BCUT2D eigenvalue weighted by Gasteiger charge is -2.10. The van der Waals surface area contributed by atoms with Gasteiger partial charge in [0.05, 0.1) is 17.6 Å². The Labute approximate surface area is 164 Å². The molecule has 0 unspecified atom stereocenters. The molecule has 0 aliphatic rings. The Morgan fingerprint density at radius 2 is 1.46 bits per heavy atom. The summed E-state index contributed by atoms with van der Waals surface area (Å²) in [4.78, 5) is 17.1. The fourth-order valence-corrected chi connectivity index (χ4v) is 3.37. The summed E-state index contributed by atoms with van der Waals surface area (Å²) < 4.78 is 2.18. The number of fused-ring (bicyclic) bond motifs is 1. The quantitative estimate of drug-likeness (QED) is 0.527. The maximum absolute atomic E-state index is 12.3. The number of imidazole rings is 1. The van der Waals surface area contributed by atoms with Crippen molar-refractivity contribution < 1.29 is 4.79 Å². The third-order valence-corrected chi connectivity index (χ3v) is 4.84. The topological polar surface area (TPSA) is 46.9 Å². The number of aryl methyl sites for hydroxylation is 1. The highest BCUT2D eigenvalue weighted by molar-refractivity contribution is 5.77. The third kappa shape index (κ3) is 4.29. The Balaban J connectivity index is 1.47. The van der Waals surface area contributed by atoms with Crippen molar-refractivity contribution in [2.45, 2.75) is 25.9 Å². The average Bonchev–Trinajstić information content (AvgIpc) is 3.10. The third-order valence-electron chi connectivity index (χ3n) is 4.84. The Morgan fingerprint density at radius 3 is 2.21 bits per heavy atom. The molecule has 0 radical (unpaired) electrons. The summed E-state index contributed by atoms with van der Waals surface area (Å²) in [6, 6.07) is 28.5. The first-order chi connectivity index (χ1) is 13.8. The van der Waals surface area contributed by atoms with Gasteiger partial charge < -0.3 is 9.88 Å². The first-order valence-electron chi connectivity index (χ1n) is 9.58. The van der Waals surface area contributed by atoms with Gasteiger partial charge in [-0.3, -0.25) is 4.79 Å². The maximum Gasteiger partial charge on any atom is 0.220 e. The summed E-state index contributed by atoms with van der Waals surface area (Å²) in [7, 11) is 0. The smallest absolute Gasteiger partial charge is 0.220 e. The zero-order valence-electron chi connectivity index (χ0n) is 15.7. The molecule has 1 amide bonds. The number of aromatic nitrogens is 2. The van der Waals surface area contributed by atoms with Gasteiger partial charge in [-0.05, 0) is 29.7 Å². The van der Waals surface area contributed by atoms with E-state index in [-0.39, 0.29) is 5.91 Å². The minimum absolute atomic E-state index is 0.0437. The Bertz CT molecular complexity index is 1060. The van der Waals surface area contributed by atoms with Gasteiger partial charge in [-0.2, -0.15) is 0 Å². The van der Waals surface area contributed by atoms with Crippen LogP contribution in [0.3, 0.4) is 0 Å². The van der Waals surface area contributed by atoms with E-state index in [4.69, 9.17) is 4.98 Å². The van der Waals surface area contributed by atoms with Gasteiger partial charge in [-0.1, -0.05) is 72.8 Å². The normalized spacial score (nSPS) is 10.9. The van der Waals surface area contributed by atoms with Crippen LogP contribution in [0.5, 0.6) is 0 Å². The number of carbonyl (C=O) groups excluding carboxylic acids is 1. The number of nitrogens with one attached hydrogen (secondary N) is 1. The van der Waals surface area contributed by atoms with Gasteiger partial charge in [0.1, 0.15) is 5.82 Å². The van der Waals surface area contributed by atoms with E-state index in [1.807, 2.05) is 66.7 Å². The van der Waals surface area contributed by atoms with Crippen LogP contribution in [0.1, 0.15) is 23.4 Å². The van der Waals surface area contributed by atoms with E-state index in [2.05, 4.69) is 28.1 Å². The standard InChI is InChI=1S/C24H23N3O/c28-24(16-15-19-9-3-1-4-10-19)25-17-23-26-21-13-7-8-14-22(21)27(23)18-20-11-5-2-6-12-20/h1-14H,15-18H2,(H,25,28). The Kier molecular flexibility index (Phi) is 5.48. The second-order valence-corrected chi connectivity index (χ2v) is 6.85. The average molecular weight is 369 g/mol. The molecular weight excluding hydrogens is 346 g/mol. The van der Waals surface area contributed by atoms with Gasteiger partial charge >= 0.3 is 0 Å². The van der Waals surface area contributed by atoms with Crippen molar-refractivity contribution in [2.24, 2.45) is 0 Å². The van der Waals surface area contributed by atoms with Crippen LogP contribution in [-0.2, 0) is 24.3 Å². The first-order valence-corrected chi connectivity index (χ1v) is 9.58. The maximum atomic E-state index is 12.3. The molecule has 140 valence electrons. The lowest BCUT2D eigenvalue weighted by Crippen LogP contribution is -2.25. The molecule has 1 N–H and O–H groups in total. The largest absolute Gasteiger partial charge is 0.349 e. The minimum Gasteiger partial charge on any atom is -0.349 e. The summed E-state index contributed by atoms with van der Waals surface area (Å²) in [5.74, 6) is 0.917. The second kappa shape index (κ2) is 8.53. The molecule has 0 aliphatic carbocycles. The Morgan fingerprint density at radius 1 is 0.821 bits per heavy atom. The summed E-state index contributed by atoms with van der Waals surface area (Å²) >= 11 is 0. The zero-order chi connectivity index (χ0) is 19.2. The van der Waals surface area contributed by atoms with Crippen molar-refractivity contribution in [3.8, 4) is 0 Å². The van der Waals surface area contributed by atoms with Crippen molar-refractivity contribution in [3.05, 3.63) is 102 Å². The van der Waals surface area contributed by atoms with Gasteiger partial charge in [0.2, 0.25) is 5.91 Å². The van der Waals surface area contributed by atoms with Crippen LogP contribution >= 0.6 is 0 Å². The monoisotopic (exact) mass is 369 g/mol. The highest BCUT2D eigenvalue weighted by atomic mass is 16.1. The number of hydrogen-bond acceptors (Lipinski definition) is 2. The van der Waals surface area contributed by atoms with E-state index in [1.54, 1.807) is 0 Å². The molecule has 0 spiro atoms. The van der Waals surface area contributed by atoms with E-state index in [0.717, 1.165) is 29.8 Å². The molecule has 4 aromatic rings. The van der Waals surface area contributed by atoms with Crippen molar-refractivity contribution in [1.29, 1.82) is 0 Å². The fraction of sp³-hybridized carbons (Fsp3) is 0.167. The van der Waals surface area contributed by atoms with E-state index in [1.165, 1.54) is 11.1 Å². The zero-order valence-corrected chi connectivity index (χ0v) is 15.7.